The van der Waals surface area contributed by atoms with Crippen LogP contribution in [0.4, 0.5) is 0 Å². The number of carboxylic acid groups (broad SMARTS) is 1. The highest BCUT2D eigenvalue weighted by Crippen LogP contribution is 2.09. The van der Waals surface area contributed by atoms with Gasteiger partial charge in [-0.15, -0.1) is 0 Å². The Hall–Kier alpha value is -1.15. The largest absolute Gasteiger partial charge is 0.481 e. The van der Waals surface area contributed by atoms with Crippen LogP contribution in [0.3, 0.4) is 0 Å². The summed E-state index contributed by atoms with van der Waals surface area (Å²) in [6, 6.07) is -0.437. The normalized spacial score (nSPS) is 11.8. The van der Waals surface area contributed by atoms with Crippen molar-refractivity contribution in [2.75, 3.05) is 19.4 Å². The molecule has 1 N–H and O–H groups in total. The van der Waals surface area contributed by atoms with Gasteiger partial charge in [0.25, 0.3) is 0 Å². The molecule has 0 bridgehead atoms. The molecule has 0 saturated heterocycles. The highest BCUT2D eigenvalue weighted by molar-refractivity contribution is 7.89. The van der Waals surface area contributed by atoms with E-state index in [0.29, 0.717) is 0 Å². The predicted octanol–water partition coefficient (Wildman–Crippen LogP) is -0.326. The third-order valence-electron chi connectivity index (χ3n) is 2.02. The average molecular weight is 267 g/mol. The smallest absolute Gasteiger partial charge is 0.321 e. The number of carboxylic acids is 1. The summed E-state index contributed by atoms with van der Waals surface area (Å²) in [6.45, 7) is 2.79. The monoisotopic (exact) mass is 267 g/mol. The molecule has 0 rings (SSSR count). The lowest BCUT2D eigenvalue weighted by Crippen LogP contribution is -2.42. The molecule has 0 unspecified atom stereocenters. The number of hydrogen-bond acceptors (Lipinski definition) is 5. The molecule has 0 amide bonds. The van der Waals surface area contributed by atoms with Gasteiger partial charge in [0.2, 0.25) is 10.0 Å². The molecular weight excluding hydrogens is 250 g/mol. The fourth-order valence-corrected chi connectivity index (χ4v) is 2.74. The summed E-state index contributed by atoms with van der Waals surface area (Å²) in [4.78, 5) is 21.4. The van der Waals surface area contributed by atoms with Crippen LogP contribution in [0.2, 0.25) is 0 Å². The molecule has 0 saturated carbocycles. The number of rotatable bonds is 7. The van der Waals surface area contributed by atoms with Crippen LogP contribution in [0.15, 0.2) is 0 Å². The van der Waals surface area contributed by atoms with Crippen LogP contribution in [0.1, 0.15) is 20.3 Å². The minimum Gasteiger partial charge on any atom is -0.481 e. The van der Waals surface area contributed by atoms with Crippen molar-refractivity contribution in [3.05, 3.63) is 0 Å². The van der Waals surface area contributed by atoms with Gasteiger partial charge >= 0.3 is 11.9 Å². The average Bonchev–Trinajstić information content (AvgIpc) is 2.22. The lowest BCUT2D eigenvalue weighted by molar-refractivity contribution is -0.141. The standard InChI is InChI=1S/C9H17NO6S/c1-7(2)10(6-9(13)16-3)17(14,15)5-4-8(11)12/h7H,4-6H2,1-3H3,(H,11,12). The first kappa shape index (κ1) is 15.9. The van der Waals surface area contributed by atoms with E-state index < -0.39 is 46.7 Å². The number of carbonyl (C=O) groups excluding carboxylic acids is 1. The Morgan fingerprint density at radius 2 is 1.88 bits per heavy atom. The number of methoxy groups -OCH3 is 1. The maximum Gasteiger partial charge on any atom is 0.321 e. The summed E-state index contributed by atoms with van der Waals surface area (Å²) in [6.07, 6.45) is -0.493. The second-order valence-corrected chi connectivity index (χ2v) is 5.72. The van der Waals surface area contributed by atoms with Gasteiger partial charge in [-0.3, -0.25) is 9.59 Å². The number of sulfonamides is 1. The van der Waals surface area contributed by atoms with Crippen molar-refractivity contribution in [2.24, 2.45) is 0 Å². The van der Waals surface area contributed by atoms with Crippen LogP contribution in [-0.2, 0) is 24.3 Å². The van der Waals surface area contributed by atoms with Gasteiger partial charge in [0.15, 0.2) is 0 Å². The minimum atomic E-state index is -3.77. The topological polar surface area (TPSA) is 101 Å². The molecule has 0 aliphatic carbocycles. The van der Waals surface area contributed by atoms with E-state index in [-0.39, 0.29) is 0 Å². The fourth-order valence-electron chi connectivity index (χ4n) is 1.13. The maximum atomic E-state index is 11.8. The van der Waals surface area contributed by atoms with Gasteiger partial charge in [-0.25, -0.2) is 8.42 Å². The number of esters is 1. The lowest BCUT2D eigenvalue weighted by atomic mass is 10.4. The molecule has 8 heteroatoms. The zero-order valence-corrected chi connectivity index (χ0v) is 10.9. The second kappa shape index (κ2) is 6.55. The Morgan fingerprint density at radius 1 is 1.35 bits per heavy atom. The zero-order valence-electron chi connectivity index (χ0n) is 10.0. The molecule has 0 heterocycles. The summed E-state index contributed by atoms with van der Waals surface area (Å²) < 4.78 is 28.9. The summed E-state index contributed by atoms with van der Waals surface area (Å²) >= 11 is 0. The van der Waals surface area contributed by atoms with E-state index in [1.807, 2.05) is 0 Å². The molecule has 0 aromatic heterocycles. The predicted molar refractivity (Wildman–Crippen MR) is 59.9 cm³/mol. The minimum absolute atomic E-state index is 0.407. The van der Waals surface area contributed by atoms with E-state index in [1.165, 1.54) is 0 Å². The third-order valence-corrected chi connectivity index (χ3v) is 4.01. The summed E-state index contributed by atoms with van der Waals surface area (Å²) in [5.41, 5.74) is 0. The van der Waals surface area contributed by atoms with Crippen molar-refractivity contribution in [2.45, 2.75) is 26.3 Å². The third kappa shape index (κ3) is 5.64. The second-order valence-electron chi connectivity index (χ2n) is 3.67. The Labute approximate surface area is 100 Å². The molecule has 0 aliphatic heterocycles. The zero-order chi connectivity index (χ0) is 13.6. The van der Waals surface area contributed by atoms with Gasteiger partial charge in [0, 0.05) is 6.04 Å². The summed E-state index contributed by atoms with van der Waals surface area (Å²) in [5, 5.41) is 8.45. The Morgan fingerprint density at radius 3 is 2.24 bits per heavy atom. The molecule has 0 atom stereocenters. The van der Waals surface area contributed by atoms with Crippen LogP contribution >= 0.6 is 0 Å². The molecule has 100 valence electrons. The number of nitrogens with zero attached hydrogens (tertiary/aromatic N) is 1. The molecule has 17 heavy (non-hydrogen) atoms. The fraction of sp³-hybridized carbons (Fsp3) is 0.778. The first-order chi connectivity index (χ1) is 7.70. The number of ether oxygens (including phenoxy) is 1. The first-order valence-corrected chi connectivity index (χ1v) is 6.59. The summed E-state index contributed by atoms with van der Waals surface area (Å²) in [5.74, 6) is -2.41. The number of carbonyl (C=O) groups is 2. The van der Waals surface area contributed by atoms with Crippen molar-refractivity contribution >= 4 is 22.0 Å². The van der Waals surface area contributed by atoms with E-state index >= 15 is 0 Å². The SMILES string of the molecule is COC(=O)CN(C(C)C)S(=O)(=O)CCC(=O)O. The van der Waals surface area contributed by atoms with E-state index in [2.05, 4.69) is 4.74 Å². The van der Waals surface area contributed by atoms with Crippen LogP contribution in [0.5, 0.6) is 0 Å². The molecule has 0 aliphatic rings. The Kier molecular flexibility index (Phi) is 6.11. The molecule has 0 fully saturated rings. The number of hydrogen-bond donors (Lipinski definition) is 1. The van der Waals surface area contributed by atoms with Crippen molar-refractivity contribution in [1.82, 2.24) is 4.31 Å². The van der Waals surface area contributed by atoms with Gasteiger partial charge in [-0.05, 0) is 13.8 Å². The van der Waals surface area contributed by atoms with Crippen molar-refractivity contribution < 1.29 is 27.9 Å². The maximum absolute atomic E-state index is 11.8. The van der Waals surface area contributed by atoms with Crippen molar-refractivity contribution in [3.63, 3.8) is 0 Å². The first-order valence-electron chi connectivity index (χ1n) is 4.99. The van der Waals surface area contributed by atoms with Crippen LogP contribution in [0.25, 0.3) is 0 Å². The number of aliphatic carboxylic acids is 1. The summed E-state index contributed by atoms with van der Waals surface area (Å²) in [7, 11) is -2.61. The highest BCUT2D eigenvalue weighted by atomic mass is 32.2. The van der Waals surface area contributed by atoms with Crippen molar-refractivity contribution in [1.29, 1.82) is 0 Å². The molecule has 0 spiro atoms. The van der Waals surface area contributed by atoms with Crippen molar-refractivity contribution in [3.8, 4) is 0 Å². The van der Waals surface area contributed by atoms with E-state index in [4.69, 9.17) is 5.11 Å². The van der Waals surface area contributed by atoms with Gasteiger partial charge in [-0.1, -0.05) is 0 Å². The Bertz CT molecular complexity index is 375. The molecule has 0 aromatic rings. The van der Waals surface area contributed by atoms with Crippen LogP contribution in [-0.4, -0.2) is 55.2 Å². The molecule has 0 aromatic carbocycles. The van der Waals surface area contributed by atoms with E-state index in [9.17, 15) is 18.0 Å². The lowest BCUT2D eigenvalue weighted by Gasteiger charge is -2.24. The van der Waals surface area contributed by atoms with Crippen LogP contribution in [0, 0.1) is 0 Å². The van der Waals surface area contributed by atoms with Gasteiger partial charge in [0.05, 0.1) is 19.3 Å². The highest BCUT2D eigenvalue weighted by Gasteiger charge is 2.27. The van der Waals surface area contributed by atoms with Gasteiger partial charge in [0.1, 0.15) is 6.54 Å². The molecule has 7 nitrogen and oxygen atoms in total. The molecule has 0 radical (unpaired) electrons. The van der Waals surface area contributed by atoms with Crippen LogP contribution < -0.4 is 0 Å². The molecular formula is C9H17NO6S. The van der Waals surface area contributed by atoms with Gasteiger partial charge in [-0.2, -0.15) is 4.31 Å². The van der Waals surface area contributed by atoms with E-state index in [1.54, 1.807) is 13.8 Å². The van der Waals surface area contributed by atoms with Gasteiger partial charge < -0.3 is 9.84 Å². The Balaban J connectivity index is 4.80. The quantitative estimate of drug-likeness (QED) is 0.634. The van der Waals surface area contributed by atoms with E-state index in [0.717, 1.165) is 11.4 Å².